The van der Waals surface area contributed by atoms with E-state index < -0.39 is 0 Å². The van der Waals surface area contributed by atoms with Crippen molar-refractivity contribution >= 4 is 15.9 Å². The number of phenols is 1. The molecule has 2 aromatic rings. The Morgan fingerprint density at radius 2 is 2.13 bits per heavy atom. The summed E-state index contributed by atoms with van der Waals surface area (Å²) >= 11 is 3.58. The summed E-state index contributed by atoms with van der Waals surface area (Å²) < 4.78 is 6.56. The predicted octanol–water partition coefficient (Wildman–Crippen LogP) is 3.31. The summed E-state index contributed by atoms with van der Waals surface area (Å²) in [6.07, 6.45) is 0. The molecule has 1 unspecified atom stereocenters. The van der Waals surface area contributed by atoms with Crippen LogP contribution in [0.2, 0.25) is 0 Å². The molecule has 1 fully saturated rings. The van der Waals surface area contributed by atoms with Gasteiger partial charge in [-0.3, -0.25) is 4.90 Å². The molecule has 1 heterocycles. The standard InChI is InChI=1S/C18H21BrN2O2/c1-23-18-5-3-2-4-15(18)17-11-20-8-9-21(17)12-13-10-14(22)6-7-16(13)19/h2-7,10,17,20,22H,8-9,11-12H2,1H3. The number of benzene rings is 2. The van der Waals surface area contributed by atoms with Gasteiger partial charge in [0.25, 0.3) is 0 Å². The van der Waals surface area contributed by atoms with Crippen molar-refractivity contribution in [1.29, 1.82) is 0 Å². The van der Waals surface area contributed by atoms with E-state index in [2.05, 4.69) is 38.3 Å². The van der Waals surface area contributed by atoms with Gasteiger partial charge >= 0.3 is 0 Å². The number of nitrogens with zero attached hydrogens (tertiary/aromatic N) is 1. The normalized spacial score (nSPS) is 18.8. The molecule has 4 nitrogen and oxygen atoms in total. The fourth-order valence-electron chi connectivity index (χ4n) is 3.09. The molecule has 0 saturated carbocycles. The van der Waals surface area contributed by atoms with E-state index in [-0.39, 0.29) is 6.04 Å². The van der Waals surface area contributed by atoms with Crippen LogP contribution in [-0.2, 0) is 6.54 Å². The average Bonchev–Trinajstić information content (AvgIpc) is 2.58. The van der Waals surface area contributed by atoms with Crippen molar-refractivity contribution in [1.82, 2.24) is 10.2 Å². The van der Waals surface area contributed by atoms with E-state index >= 15 is 0 Å². The summed E-state index contributed by atoms with van der Waals surface area (Å²) in [4.78, 5) is 2.42. The lowest BCUT2D eigenvalue weighted by molar-refractivity contribution is 0.150. The molecule has 23 heavy (non-hydrogen) atoms. The van der Waals surface area contributed by atoms with Crippen LogP contribution in [0.25, 0.3) is 0 Å². The van der Waals surface area contributed by atoms with E-state index in [0.717, 1.165) is 42.0 Å². The van der Waals surface area contributed by atoms with Gasteiger partial charge in [-0.1, -0.05) is 34.1 Å². The second-order valence-electron chi connectivity index (χ2n) is 5.71. The van der Waals surface area contributed by atoms with Gasteiger partial charge in [-0.05, 0) is 29.8 Å². The molecule has 0 bridgehead atoms. The zero-order valence-corrected chi connectivity index (χ0v) is 14.7. The Morgan fingerprint density at radius 3 is 2.96 bits per heavy atom. The first-order valence-corrected chi connectivity index (χ1v) is 8.53. The maximum atomic E-state index is 9.76. The Hall–Kier alpha value is -1.56. The zero-order valence-electron chi connectivity index (χ0n) is 13.1. The van der Waals surface area contributed by atoms with Crippen molar-refractivity contribution in [2.45, 2.75) is 12.6 Å². The maximum Gasteiger partial charge on any atom is 0.123 e. The van der Waals surface area contributed by atoms with Crippen LogP contribution in [0.5, 0.6) is 11.5 Å². The van der Waals surface area contributed by atoms with Crippen LogP contribution in [-0.4, -0.2) is 36.8 Å². The number of hydrogen-bond donors (Lipinski definition) is 2. The summed E-state index contributed by atoms with van der Waals surface area (Å²) in [5.74, 6) is 1.22. The van der Waals surface area contributed by atoms with Crippen LogP contribution in [0.3, 0.4) is 0 Å². The average molecular weight is 377 g/mol. The van der Waals surface area contributed by atoms with Crippen molar-refractivity contribution in [3.8, 4) is 11.5 Å². The highest BCUT2D eigenvalue weighted by atomic mass is 79.9. The Kier molecular flexibility index (Phi) is 5.20. The second-order valence-corrected chi connectivity index (χ2v) is 6.56. The van der Waals surface area contributed by atoms with Crippen LogP contribution in [0, 0.1) is 0 Å². The molecule has 0 amide bonds. The number of methoxy groups -OCH3 is 1. The van der Waals surface area contributed by atoms with E-state index in [4.69, 9.17) is 4.74 Å². The molecule has 5 heteroatoms. The molecule has 0 aromatic heterocycles. The number of para-hydroxylation sites is 1. The molecule has 122 valence electrons. The Morgan fingerprint density at radius 1 is 1.30 bits per heavy atom. The fraction of sp³-hybridized carbons (Fsp3) is 0.333. The summed E-state index contributed by atoms with van der Waals surface area (Å²) in [5, 5.41) is 13.2. The molecule has 0 spiro atoms. The quantitative estimate of drug-likeness (QED) is 0.858. The van der Waals surface area contributed by atoms with Crippen LogP contribution < -0.4 is 10.1 Å². The molecular weight excluding hydrogens is 356 g/mol. The smallest absolute Gasteiger partial charge is 0.123 e. The molecular formula is C18H21BrN2O2. The van der Waals surface area contributed by atoms with Crippen molar-refractivity contribution in [2.75, 3.05) is 26.7 Å². The number of rotatable bonds is 4. The Labute approximate surface area is 145 Å². The van der Waals surface area contributed by atoms with Gasteiger partial charge in [0.1, 0.15) is 11.5 Å². The lowest BCUT2D eigenvalue weighted by Crippen LogP contribution is -2.45. The Bertz CT molecular complexity index is 678. The van der Waals surface area contributed by atoms with Crippen molar-refractivity contribution in [3.63, 3.8) is 0 Å². The molecule has 3 rings (SSSR count). The van der Waals surface area contributed by atoms with Gasteiger partial charge in [-0.2, -0.15) is 0 Å². The first-order chi connectivity index (χ1) is 11.2. The number of phenolic OH excluding ortho intramolecular Hbond substituents is 1. The number of halogens is 1. The maximum absolute atomic E-state index is 9.76. The summed E-state index contributed by atoms with van der Waals surface area (Å²) in [6, 6.07) is 13.8. The third-order valence-corrected chi connectivity index (χ3v) is 5.03. The van der Waals surface area contributed by atoms with Gasteiger partial charge in [0, 0.05) is 36.2 Å². The van der Waals surface area contributed by atoms with E-state index in [9.17, 15) is 5.11 Å². The largest absolute Gasteiger partial charge is 0.508 e. The minimum Gasteiger partial charge on any atom is -0.508 e. The van der Waals surface area contributed by atoms with Crippen LogP contribution in [0.1, 0.15) is 17.2 Å². The van der Waals surface area contributed by atoms with Crippen molar-refractivity contribution < 1.29 is 9.84 Å². The minimum atomic E-state index is 0.245. The van der Waals surface area contributed by atoms with E-state index in [1.165, 1.54) is 5.56 Å². The van der Waals surface area contributed by atoms with Gasteiger partial charge in [-0.25, -0.2) is 0 Å². The first kappa shape index (κ1) is 16.3. The zero-order chi connectivity index (χ0) is 16.2. The van der Waals surface area contributed by atoms with Gasteiger partial charge in [0.2, 0.25) is 0 Å². The van der Waals surface area contributed by atoms with Crippen LogP contribution in [0.4, 0.5) is 0 Å². The van der Waals surface area contributed by atoms with Gasteiger partial charge in [0.05, 0.1) is 13.2 Å². The molecule has 2 N–H and O–H groups in total. The van der Waals surface area contributed by atoms with E-state index in [1.54, 1.807) is 13.2 Å². The molecule has 1 atom stereocenters. The topological polar surface area (TPSA) is 44.7 Å². The lowest BCUT2D eigenvalue weighted by Gasteiger charge is -2.37. The molecule has 0 aliphatic carbocycles. The van der Waals surface area contributed by atoms with E-state index in [1.807, 2.05) is 24.3 Å². The monoisotopic (exact) mass is 376 g/mol. The van der Waals surface area contributed by atoms with E-state index in [0.29, 0.717) is 5.75 Å². The summed E-state index contributed by atoms with van der Waals surface area (Å²) in [5.41, 5.74) is 2.28. The highest BCUT2D eigenvalue weighted by molar-refractivity contribution is 9.10. The lowest BCUT2D eigenvalue weighted by atomic mass is 10.0. The molecule has 1 aliphatic rings. The number of aromatic hydroxyl groups is 1. The first-order valence-electron chi connectivity index (χ1n) is 7.74. The molecule has 1 saturated heterocycles. The molecule has 2 aromatic carbocycles. The SMILES string of the molecule is COc1ccccc1C1CNCCN1Cc1cc(O)ccc1Br. The molecule has 0 radical (unpaired) electrons. The van der Waals surface area contributed by atoms with Crippen molar-refractivity contribution in [2.24, 2.45) is 0 Å². The fourth-order valence-corrected chi connectivity index (χ4v) is 3.46. The third-order valence-electron chi connectivity index (χ3n) is 4.25. The highest BCUT2D eigenvalue weighted by Gasteiger charge is 2.26. The predicted molar refractivity (Wildman–Crippen MR) is 94.8 cm³/mol. The minimum absolute atomic E-state index is 0.245. The molecule has 1 aliphatic heterocycles. The highest BCUT2D eigenvalue weighted by Crippen LogP contribution is 2.32. The van der Waals surface area contributed by atoms with Gasteiger partial charge < -0.3 is 15.2 Å². The number of nitrogens with one attached hydrogen (secondary N) is 1. The van der Waals surface area contributed by atoms with Gasteiger partial charge in [-0.15, -0.1) is 0 Å². The number of hydrogen-bond acceptors (Lipinski definition) is 4. The summed E-state index contributed by atoms with van der Waals surface area (Å²) in [6.45, 7) is 3.57. The van der Waals surface area contributed by atoms with Crippen LogP contribution in [0.15, 0.2) is 46.9 Å². The number of ether oxygens (including phenoxy) is 1. The number of piperazine rings is 1. The summed E-state index contributed by atoms with van der Waals surface area (Å²) in [7, 11) is 1.71. The second kappa shape index (κ2) is 7.34. The third kappa shape index (κ3) is 3.68. The van der Waals surface area contributed by atoms with Gasteiger partial charge in [0.15, 0.2) is 0 Å². The Balaban J connectivity index is 1.88. The van der Waals surface area contributed by atoms with Crippen molar-refractivity contribution in [3.05, 3.63) is 58.1 Å². The van der Waals surface area contributed by atoms with Crippen LogP contribution >= 0.6 is 15.9 Å².